The first-order chi connectivity index (χ1) is 11.3. The summed E-state index contributed by atoms with van der Waals surface area (Å²) >= 11 is 0. The summed E-state index contributed by atoms with van der Waals surface area (Å²) in [5.41, 5.74) is 0.575. The molecule has 0 saturated heterocycles. The van der Waals surface area contributed by atoms with Crippen molar-refractivity contribution in [2.24, 2.45) is 0 Å². The summed E-state index contributed by atoms with van der Waals surface area (Å²) in [6, 6.07) is 2.08. The number of hydrogen-bond donors (Lipinski definition) is 0. The second kappa shape index (κ2) is 7.60. The summed E-state index contributed by atoms with van der Waals surface area (Å²) in [4.78, 5) is 22.3. The average Bonchev–Trinajstić information content (AvgIpc) is 2.50. The van der Waals surface area contributed by atoms with Crippen molar-refractivity contribution in [2.75, 3.05) is 0 Å². The first-order valence-electron chi connectivity index (χ1n) is 7.76. The molecule has 7 nitrogen and oxygen atoms in total. The highest BCUT2D eigenvalue weighted by Crippen LogP contribution is 2.29. The third-order valence-electron chi connectivity index (χ3n) is 3.82. The molecular weight excluding hydrogens is 314 g/mol. The van der Waals surface area contributed by atoms with Crippen LogP contribution in [0.25, 0.3) is 0 Å². The predicted octanol–water partition coefficient (Wildman–Crippen LogP) is 1.43. The van der Waals surface area contributed by atoms with Crippen LogP contribution < -0.4 is 0 Å². The Balaban J connectivity index is 2.22. The molecular formula is C17H21NO6. The van der Waals surface area contributed by atoms with Crippen molar-refractivity contribution in [3.8, 4) is 6.07 Å². The number of nitriles is 1. The Labute approximate surface area is 140 Å². The molecule has 6 atom stereocenters. The van der Waals surface area contributed by atoms with Crippen LogP contribution in [0.2, 0.25) is 0 Å². The zero-order valence-corrected chi connectivity index (χ0v) is 14.1. The van der Waals surface area contributed by atoms with Gasteiger partial charge < -0.3 is 18.9 Å². The minimum Gasteiger partial charge on any atom is -0.456 e. The molecule has 130 valence electrons. The first-order valence-corrected chi connectivity index (χ1v) is 7.76. The minimum absolute atomic E-state index is 0.379. The minimum atomic E-state index is -0.793. The van der Waals surface area contributed by atoms with Gasteiger partial charge in [0.1, 0.15) is 18.3 Å². The van der Waals surface area contributed by atoms with E-state index in [1.165, 1.54) is 13.8 Å². The average molecular weight is 335 g/mol. The Morgan fingerprint density at radius 2 is 1.62 bits per heavy atom. The van der Waals surface area contributed by atoms with Crippen LogP contribution in [0.1, 0.15) is 27.7 Å². The predicted molar refractivity (Wildman–Crippen MR) is 82.6 cm³/mol. The second-order valence-corrected chi connectivity index (χ2v) is 5.81. The molecule has 2 rings (SSSR count). The zero-order chi connectivity index (χ0) is 17.9. The fraction of sp³-hybridized carbons (Fsp3) is 0.588. The molecule has 0 aromatic carbocycles. The summed E-state index contributed by atoms with van der Waals surface area (Å²) < 4.78 is 21.9. The van der Waals surface area contributed by atoms with Crippen LogP contribution in [0.3, 0.4) is 0 Å². The van der Waals surface area contributed by atoms with E-state index in [4.69, 9.17) is 18.9 Å². The van der Waals surface area contributed by atoms with E-state index in [0.717, 1.165) is 0 Å². The van der Waals surface area contributed by atoms with E-state index in [9.17, 15) is 14.9 Å². The van der Waals surface area contributed by atoms with Gasteiger partial charge in [0.2, 0.25) is 0 Å². The number of ether oxygens (including phenoxy) is 4. The highest BCUT2D eigenvalue weighted by molar-refractivity contribution is 5.66. The summed E-state index contributed by atoms with van der Waals surface area (Å²) in [6.45, 7) is 6.17. The smallest absolute Gasteiger partial charge is 0.303 e. The number of nitrogens with zero attached hydrogens (tertiary/aromatic N) is 1. The van der Waals surface area contributed by atoms with Gasteiger partial charge in [-0.25, -0.2) is 0 Å². The molecule has 0 aromatic rings. The van der Waals surface area contributed by atoms with Gasteiger partial charge in [0.25, 0.3) is 0 Å². The van der Waals surface area contributed by atoms with Crippen molar-refractivity contribution >= 4 is 11.9 Å². The second-order valence-electron chi connectivity index (χ2n) is 5.81. The fourth-order valence-corrected chi connectivity index (χ4v) is 2.69. The number of rotatable bonds is 3. The Morgan fingerprint density at radius 3 is 2.17 bits per heavy atom. The summed E-state index contributed by atoms with van der Waals surface area (Å²) in [7, 11) is 0. The molecule has 24 heavy (non-hydrogen) atoms. The van der Waals surface area contributed by atoms with E-state index in [1.54, 1.807) is 32.1 Å². The largest absolute Gasteiger partial charge is 0.456 e. The zero-order valence-electron chi connectivity index (χ0n) is 14.1. The van der Waals surface area contributed by atoms with Crippen LogP contribution in [0.4, 0.5) is 0 Å². The molecule has 2 heterocycles. The van der Waals surface area contributed by atoms with E-state index in [2.05, 4.69) is 6.07 Å². The molecule has 0 spiro atoms. The van der Waals surface area contributed by atoms with E-state index < -0.39 is 42.5 Å². The maximum Gasteiger partial charge on any atom is 0.303 e. The molecule has 0 aromatic heterocycles. The monoisotopic (exact) mass is 335 g/mol. The number of carbonyl (C=O) groups excluding carboxylic acids is 2. The lowest BCUT2D eigenvalue weighted by Crippen LogP contribution is -2.43. The van der Waals surface area contributed by atoms with Crippen molar-refractivity contribution in [1.82, 2.24) is 0 Å². The lowest BCUT2D eigenvalue weighted by molar-refractivity contribution is -0.154. The van der Waals surface area contributed by atoms with Crippen molar-refractivity contribution < 1.29 is 28.5 Å². The van der Waals surface area contributed by atoms with Crippen LogP contribution in [-0.2, 0) is 28.5 Å². The van der Waals surface area contributed by atoms with Crippen molar-refractivity contribution in [1.29, 1.82) is 5.26 Å². The maximum atomic E-state index is 11.2. The van der Waals surface area contributed by atoms with Gasteiger partial charge >= 0.3 is 11.9 Å². The van der Waals surface area contributed by atoms with Gasteiger partial charge in [-0.05, 0) is 26.0 Å². The van der Waals surface area contributed by atoms with Gasteiger partial charge in [-0.3, -0.25) is 9.59 Å². The molecule has 0 amide bonds. The number of esters is 2. The van der Waals surface area contributed by atoms with Crippen LogP contribution in [0.5, 0.6) is 0 Å². The van der Waals surface area contributed by atoms with Crippen molar-refractivity contribution in [3.63, 3.8) is 0 Å². The number of carbonyl (C=O) groups is 2. The lowest BCUT2D eigenvalue weighted by atomic mass is 9.94. The Bertz CT molecular complexity index is 605. The Hall–Kier alpha value is -2.17. The fourth-order valence-electron chi connectivity index (χ4n) is 2.69. The molecule has 2 aliphatic rings. The van der Waals surface area contributed by atoms with Crippen molar-refractivity contribution in [2.45, 2.75) is 64.3 Å². The van der Waals surface area contributed by atoms with Crippen molar-refractivity contribution in [3.05, 3.63) is 23.8 Å². The third kappa shape index (κ3) is 4.22. The summed E-state index contributed by atoms with van der Waals surface area (Å²) in [6.07, 6.45) is 1.98. The van der Waals surface area contributed by atoms with E-state index in [1.807, 2.05) is 0 Å². The van der Waals surface area contributed by atoms with Gasteiger partial charge in [0.15, 0.2) is 6.10 Å². The topological polar surface area (TPSA) is 94.9 Å². The molecule has 0 radical (unpaired) electrons. The highest BCUT2D eigenvalue weighted by atomic mass is 16.6. The standard InChI is InChI=1S/C17H21NO6/c1-9-14(23-11(3)19)5-6-15(21-9)13-7-16(24-12(4)20)10(2)22-17(13)8-18/h5-7,9-10,14-17H,1-4H3/t9-,10-,14-,15+,16-,17-/m0/s1. The molecule has 0 aliphatic carbocycles. The Morgan fingerprint density at radius 1 is 1.04 bits per heavy atom. The SMILES string of the molecule is CC(=O)O[C@H]1C=C([C@H]2C=C[C@H](OC(C)=O)[C@H](C)O2)[C@H](C#N)O[C@H]1C. The van der Waals surface area contributed by atoms with Gasteiger partial charge in [-0.1, -0.05) is 6.08 Å². The van der Waals surface area contributed by atoms with Crippen LogP contribution >= 0.6 is 0 Å². The first kappa shape index (κ1) is 18.2. The van der Waals surface area contributed by atoms with Gasteiger partial charge in [-0.15, -0.1) is 0 Å². The van der Waals surface area contributed by atoms with Gasteiger partial charge in [0.05, 0.1) is 18.3 Å². The Kier molecular flexibility index (Phi) is 5.75. The molecule has 0 saturated carbocycles. The molecule has 7 heteroatoms. The quantitative estimate of drug-likeness (QED) is 0.569. The maximum absolute atomic E-state index is 11.2. The van der Waals surface area contributed by atoms with Crippen LogP contribution in [0, 0.1) is 11.3 Å². The normalized spacial score (nSPS) is 35.5. The molecule has 0 N–H and O–H groups in total. The molecule has 0 unspecified atom stereocenters. The van der Waals surface area contributed by atoms with Gasteiger partial charge in [-0.2, -0.15) is 5.26 Å². The van der Waals surface area contributed by atoms with E-state index in [0.29, 0.717) is 5.57 Å². The van der Waals surface area contributed by atoms with Gasteiger partial charge in [0, 0.05) is 19.4 Å². The highest BCUT2D eigenvalue weighted by Gasteiger charge is 2.37. The summed E-state index contributed by atoms with van der Waals surface area (Å²) in [5.74, 6) is -0.817. The van der Waals surface area contributed by atoms with Crippen LogP contribution in [-0.4, -0.2) is 48.6 Å². The summed E-state index contributed by atoms with van der Waals surface area (Å²) in [5, 5.41) is 9.34. The molecule has 0 fully saturated rings. The molecule has 0 bridgehead atoms. The third-order valence-corrected chi connectivity index (χ3v) is 3.82. The van der Waals surface area contributed by atoms with E-state index in [-0.39, 0.29) is 6.10 Å². The number of hydrogen-bond acceptors (Lipinski definition) is 7. The molecule has 2 aliphatic heterocycles. The van der Waals surface area contributed by atoms with Crippen LogP contribution in [0.15, 0.2) is 23.8 Å². The lowest BCUT2D eigenvalue weighted by Gasteiger charge is -2.36. The van der Waals surface area contributed by atoms with E-state index >= 15 is 0 Å².